The fraction of sp³-hybridized carbons (Fsp3) is 0.333. The number of para-hydroxylation sites is 1. The van der Waals surface area contributed by atoms with Crippen molar-refractivity contribution in [3.05, 3.63) is 48.0 Å². The third-order valence-electron chi connectivity index (χ3n) is 4.57. The molecule has 2 aliphatic rings. The average Bonchev–Trinajstić information content (AvgIpc) is 2.59. The van der Waals surface area contributed by atoms with Crippen LogP contribution in [0.25, 0.3) is 0 Å². The molecule has 2 nitrogen and oxygen atoms in total. The Morgan fingerprint density at radius 1 is 0.958 bits per heavy atom. The van der Waals surface area contributed by atoms with Gasteiger partial charge in [-0.05, 0) is 56.3 Å². The largest absolute Gasteiger partial charge is 0.416 e. The number of benzene rings is 2. The van der Waals surface area contributed by atoms with Gasteiger partial charge in [0.05, 0.1) is 16.9 Å². The van der Waals surface area contributed by atoms with Crippen LogP contribution in [-0.4, -0.2) is 19.1 Å². The van der Waals surface area contributed by atoms with Crippen molar-refractivity contribution in [2.24, 2.45) is 0 Å². The van der Waals surface area contributed by atoms with Gasteiger partial charge in [0.2, 0.25) is 0 Å². The summed E-state index contributed by atoms with van der Waals surface area (Å²) in [7, 11) is 0. The zero-order chi connectivity index (χ0) is 16.7. The minimum atomic E-state index is -4.31. The molecule has 0 radical (unpaired) electrons. The molecule has 0 unspecified atom stereocenters. The van der Waals surface area contributed by atoms with Crippen LogP contribution < -0.4 is 10.2 Å². The maximum Gasteiger partial charge on any atom is 0.416 e. The van der Waals surface area contributed by atoms with Crippen molar-refractivity contribution >= 4 is 23.1 Å². The first-order chi connectivity index (χ1) is 11.5. The Labute approximate surface area is 143 Å². The van der Waals surface area contributed by atoms with Gasteiger partial charge in [-0.3, -0.25) is 0 Å². The van der Waals surface area contributed by atoms with Gasteiger partial charge in [0.25, 0.3) is 0 Å². The molecule has 1 N–H and O–H groups in total. The summed E-state index contributed by atoms with van der Waals surface area (Å²) in [6, 6.07) is 12.4. The molecule has 4 rings (SSSR count). The zero-order valence-corrected chi connectivity index (χ0v) is 13.8. The number of nitrogens with zero attached hydrogens (tertiary/aromatic N) is 1. The van der Waals surface area contributed by atoms with E-state index in [0.717, 1.165) is 42.2 Å². The van der Waals surface area contributed by atoms with E-state index in [1.165, 1.54) is 23.9 Å². The van der Waals surface area contributed by atoms with Gasteiger partial charge in [-0.1, -0.05) is 23.9 Å². The van der Waals surface area contributed by atoms with E-state index in [9.17, 15) is 13.2 Å². The SMILES string of the molecule is FC(F)(F)c1ccc2c(c1)Sc1ccccc1N2C1CCNCC1. The van der Waals surface area contributed by atoms with Crippen LogP contribution in [0.4, 0.5) is 24.5 Å². The summed E-state index contributed by atoms with van der Waals surface area (Å²) in [5.74, 6) is 0. The maximum absolute atomic E-state index is 13.1. The first-order valence-corrected chi connectivity index (χ1v) is 8.84. The van der Waals surface area contributed by atoms with E-state index < -0.39 is 11.7 Å². The quantitative estimate of drug-likeness (QED) is 0.774. The molecule has 2 heterocycles. The Morgan fingerprint density at radius 3 is 2.42 bits per heavy atom. The molecule has 1 fully saturated rings. The minimum Gasteiger partial charge on any atom is -0.336 e. The third kappa shape index (κ3) is 2.78. The summed E-state index contributed by atoms with van der Waals surface area (Å²) in [5, 5.41) is 3.35. The molecule has 0 aliphatic carbocycles. The van der Waals surface area contributed by atoms with Crippen molar-refractivity contribution in [3.8, 4) is 0 Å². The molecule has 24 heavy (non-hydrogen) atoms. The van der Waals surface area contributed by atoms with Crippen LogP contribution >= 0.6 is 11.8 Å². The van der Waals surface area contributed by atoms with Gasteiger partial charge < -0.3 is 10.2 Å². The molecule has 126 valence electrons. The first kappa shape index (κ1) is 15.8. The van der Waals surface area contributed by atoms with Gasteiger partial charge in [0.15, 0.2) is 0 Å². The number of anilines is 2. The molecule has 0 saturated carbocycles. The van der Waals surface area contributed by atoms with E-state index in [1.807, 2.05) is 18.2 Å². The smallest absolute Gasteiger partial charge is 0.336 e. The molecular formula is C18H17F3N2S. The highest BCUT2D eigenvalue weighted by atomic mass is 32.2. The molecule has 0 spiro atoms. The van der Waals surface area contributed by atoms with Crippen molar-refractivity contribution in [2.45, 2.75) is 34.9 Å². The predicted molar refractivity (Wildman–Crippen MR) is 90.0 cm³/mol. The van der Waals surface area contributed by atoms with E-state index in [2.05, 4.69) is 16.3 Å². The van der Waals surface area contributed by atoms with Crippen LogP contribution in [0.1, 0.15) is 18.4 Å². The number of hydrogen-bond donors (Lipinski definition) is 1. The van der Waals surface area contributed by atoms with Gasteiger partial charge in [-0.15, -0.1) is 0 Å². The molecule has 0 atom stereocenters. The Bertz CT molecular complexity index is 754. The van der Waals surface area contributed by atoms with Gasteiger partial charge in [-0.2, -0.15) is 13.2 Å². The van der Waals surface area contributed by atoms with Gasteiger partial charge in [0.1, 0.15) is 0 Å². The van der Waals surface area contributed by atoms with E-state index in [4.69, 9.17) is 0 Å². The Morgan fingerprint density at radius 2 is 1.67 bits per heavy atom. The maximum atomic E-state index is 13.1. The lowest BCUT2D eigenvalue weighted by Gasteiger charge is -2.40. The molecule has 0 bridgehead atoms. The number of fused-ring (bicyclic) bond motifs is 2. The van der Waals surface area contributed by atoms with Crippen molar-refractivity contribution < 1.29 is 13.2 Å². The summed E-state index contributed by atoms with van der Waals surface area (Å²) in [6.45, 7) is 1.87. The molecule has 0 amide bonds. The van der Waals surface area contributed by atoms with Crippen LogP contribution in [-0.2, 0) is 6.18 Å². The second-order valence-corrected chi connectivity index (χ2v) is 7.19. The summed E-state index contributed by atoms with van der Waals surface area (Å²) in [5.41, 5.74) is 1.40. The van der Waals surface area contributed by atoms with E-state index in [1.54, 1.807) is 6.07 Å². The number of rotatable bonds is 1. The topological polar surface area (TPSA) is 15.3 Å². The summed E-state index contributed by atoms with van der Waals surface area (Å²) in [6.07, 6.45) is -2.34. The van der Waals surface area contributed by atoms with Crippen LogP contribution in [0.3, 0.4) is 0 Å². The van der Waals surface area contributed by atoms with E-state index >= 15 is 0 Å². The predicted octanol–water partition coefficient (Wildman–Crippen LogP) is 5.06. The van der Waals surface area contributed by atoms with Gasteiger partial charge in [0, 0.05) is 15.8 Å². The zero-order valence-electron chi connectivity index (χ0n) is 12.9. The molecule has 2 aromatic carbocycles. The normalized spacial score (nSPS) is 18.2. The number of alkyl halides is 3. The summed E-state index contributed by atoms with van der Waals surface area (Å²) in [4.78, 5) is 3.94. The highest BCUT2D eigenvalue weighted by molar-refractivity contribution is 7.99. The number of nitrogens with one attached hydrogen (secondary N) is 1. The molecule has 1 saturated heterocycles. The Kier molecular flexibility index (Phi) is 3.96. The van der Waals surface area contributed by atoms with E-state index in [0.29, 0.717) is 10.9 Å². The third-order valence-corrected chi connectivity index (χ3v) is 5.68. The Balaban J connectivity index is 1.82. The second kappa shape index (κ2) is 6.01. The van der Waals surface area contributed by atoms with Crippen LogP contribution in [0.15, 0.2) is 52.3 Å². The highest BCUT2D eigenvalue weighted by Gasteiger charge is 2.34. The van der Waals surface area contributed by atoms with Crippen molar-refractivity contribution in [1.29, 1.82) is 0 Å². The van der Waals surface area contributed by atoms with Gasteiger partial charge >= 0.3 is 6.18 Å². The average molecular weight is 350 g/mol. The van der Waals surface area contributed by atoms with Crippen molar-refractivity contribution in [3.63, 3.8) is 0 Å². The lowest BCUT2D eigenvalue weighted by Crippen LogP contribution is -2.41. The van der Waals surface area contributed by atoms with Gasteiger partial charge in [-0.25, -0.2) is 0 Å². The van der Waals surface area contributed by atoms with E-state index in [-0.39, 0.29) is 0 Å². The number of halogens is 3. The second-order valence-electron chi connectivity index (χ2n) is 6.10. The Hall–Kier alpha value is -1.66. The van der Waals surface area contributed by atoms with Crippen molar-refractivity contribution in [1.82, 2.24) is 5.32 Å². The van der Waals surface area contributed by atoms with Crippen LogP contribution in [0.2, 0.25) is 0 Å². The summed E-state index contributed by atoms with van der Waals surface area (Å²) >= 11 is 1.42. The minimum absolute atomic E-state index is 0.309. The molecule has 0 aromatic heterocycles. The fourth-order valence-corrected chi connectivity index (χ4v) is 4.53. The molecule has 2 aliphatic heterocycles. The van der Waals surface area contributed by atoms with Crippen LogP contribution in [0.5, 0.6) is 0 Å². The molecule has 6 heteroatoms. The lowest BCUT2D eigenvalue weighted by molar-refractivity contribution is -0.137. The number of piperidine rings is 1. The highest BCUT2D eigenvalue weighted by Crippen LogP contribution is 2.50. The lowest BCUT2D eigenvalue weighted by atomic mass is 10.0. The molecule has 2 aromatic rings. The summed E-state index contributed by atoms with van der Waals surface area (Å²) < 4.78 is 39.2. The van der Waals surface area contributed by atoms with Crippen LogP contribution in [0, 0.1) is 0 Å². The first-order valence-electron chi connectivity index (χ1n) is 8.02. The van der Waals surface area contributed by atoms with Crippen molar-refractivity contribution in [2.75, 3.05) is 18.0 Å². The standard InChI is InChI=1S/C18H17F3N2S/c19-18(20,21)12-5-6-15-17(11-12)24-16-4-2-1-3-14(16)23(15)13-7-9-22-10-8-13/h1-6,11,13,22H,7-10H2. The molecular weight excluding hydrogens is 333 g/mol. The fourth-order valence-electron chi connectivity index (χ4n) is 3.42. The number of hydrogen-bond acceptors (Lipinski definition) is 3. The monoisotopic (exact) mass is 350 g/mol.